The highest BCUT2D eigenvalue weighted by atomic mass is 16.6. The fraction of sp³-hybridized carbons (Fsp3) is 1.00. The number of hydrogen-bond donors (Lipinski definition) is 1. The van der Waals surface area contributed by atoms with Gasteiger partial charge in [0.1, 0.15) is 0 Å². The van der Waals surface area contributed by atoms with Crippen LogP contribution in [0, 0.1) is 0 Å². The molecule has 0 fully saturated rings. The summed E-state index contributed by atoms with van der Waals surface area (Å²) in [7, 11) is 0. The quantitative estimate of drug-likeness (QED) is 0.0863. The largest absolute Gasteiger partial charge is 0.394 e. The van der Waals surface area contributed by atoms with E-state index in [0.29, 0.717) is 79.3 Å². The molecule has 3 unspecified atom stereocenters. The topological polar surface area (TPSA) is 94.1 Å². The molecule has 3 atom stereocenters. The summed E-state index contributed by atoms with van der Waals surface area (Å²) in [6.45, 7) is 15.3. The molecule has 0 aromatic carbocycles. The van der Waals surface area contributed by atoms with Gasteiger partial charge in [0.15, 0.2) is 0 Å². The first-order chi connectivity index (χ1) is 20.6. The number of aliphatic hydroxyl groups is 1. The lowest BCUT2D eigenvalue weighted by atomic mass is 10.1. The van der Waals surface area contributed by atoms with E-state index in [1.165, 1.54) is 70.6 Å². The van der Waals surface area contributed by atoms with Crippen molar-refractivity contribution in [2.24, 2.45) is 0 Å². The molecule has 0 aliphatic heterocycles. The number of ether oxygens (including phenoxy) is 8. The third-order valence-corrected chi connectivity index (χ3v) is 6.71. The SMILES string of the molecule is CCCCCCCCCCCCCCOCC(C)OCC(C)OCC(C)OCCOCCOCCOCCOCCO. The zero-order chi connectivity index (χ0) is 30.8. The molecule has 0 heterocycles. The minimum Gasteiger partial charge on any atom is -0.394 e. The Morgan fingerprint density at radius 3 is 1.24 bits per heavy atom. The Morgan fingerprint density at radius 2 is 0.762 bits per heavy atom. The van der Waals surface area contributed by atoms with Gasteiger partial charge in [-0.15, -0.1) is 0 Å². The Morgan fingerprint density at radius 1 is 0.381 bits per heavy atom. The van der Waals surface area contributed by atoms with Gasteiger partial charge in [-0.05, 0) is 27.2 Å². The van der Waals surface area contributed by atoms with Crippen LogP contribution in [-0.4, -0.2) is 116 Å². The molecule has 9 heteroatoms. The smallest absolute Gasteiger partial charge is 0.0781 e. The van der Waals surface area contributed by atoms with Gasteiger partial charge in [-0.3, -0.25) is 0 Å². The molecule has 0 bridgehead atoms. The lowest BCUT2D eigenvalue weighted by molar-refractivity contribution is -0.0854. The molecule has 0 aliphatic rings. The van der Waals surface area contributed by atoms with Gasteiger partial charge in [0.25, 0.3) is 0 Å². The van der Waals surface area contributed by atoms with E-state index < -0.39 is 0 Å². The maximum Gasteiger partial charge on any atom is 0.0781 e. The Bertz CT molecular complexity index is 456. The first-order valence-electron chi connectivity index (χ1n) is 16.9. The summed E-state index contributed by atoms with van der Waals surface area (Å²) in [6, 6.07) is 0. The minimum atomic E-state index is -0.0119. The van der Waals surface area contributed by atoms with Crippen LogP contribution in [0.15, 0.2) is 0 Å². The van der Waals surface area contributed by atoms with Crippen molar-refractivity contribution in [2.45, 2.75) is 123 Å². The fourth-order valence-corrected chi connectivity index (χ4v) is 4.17. The van der Waals surface area contributed by atoms with Crippen molar-refractivity contribution >= 4 is 0 Å². The van der Waals surface area contributed by atoms with E-state index >= 15 is 0 Å². The van der Waals surface area contributed by atoms with E-state index in [9.17, 15) is 0 Å². The zero-order valence-electron chi connectivity index (χ0n) is 27.8. The molecule has 0 spiro atoms. The lowest BCUT2D eigenvalue weighted by Crippen LogP contribution is -2.27. The molecule has 1 N–H and O–H groups in total. The van der Waals surface area contributed by atoms with Crippen molar-refractivity contribution in [3.63, 3.8) is 0 Å². The van der Waals surface area contributed by atoms with E-state index in [1.807, 2.05) is 13.8 Å². The monoisotopic (exact) mass is 608 g/mol. The molecule has 0 aromatic rings. The normalized spacial score (nSPS) is 13.9. The third-order valence-electron chi connectivity index (χ3n) is 6.71. The molecular weight excluding hydrogens is 540 g/mol. The van der Waals surface area contributed by atoms with Crippen LogP contribution < -0.4 is 0 Å². The van der Waals surface area contributed by atoms with E-state index in [1.54, 1.807) is 0 Å². The van der Waals surface area contributed by atoms with Gasteiger partial charge in [-0.25, -0.2) is 0 Å². The number of unbranched alkanes of at least 4 members (excludes halogenated alkanes) is 11. The van der Waals surface area contributed by atoms with Crippen molar-refractivity contribution in [1.29, 1.82) is 0 Å². The predicted octanol–water partition coefficient (Wildman–Crippen LogP) is 5.98. The van der Waals surface area contributed by atoms with Gasteiger partial charge in [-0.1, -0.05) is 77.6 Å². The molecule has 42 heavy (non-hydrogen) atoms. The number of aliphatic hydroxyl groups excluding tert-OH is 1. The first kappa shape index (κ1) is 41.6. The average Bonchev–Trinajstić information content (AvgIpc) is 2.99. The maximum absolute atomic E-state index is 8.60. The molecule has 0 amide bonds. The summed E-state index contributed by atoms with van der Waals surface area (Å²) in [5, 5.41) is 8.60. The highest BCUT2D eigenvalue weighted by Gasteiger charge is 2.10. The maximum atomic E-state index is 8.60. The Balaban J connectivity index is 3.37. The Hall–Kier alpha value is -0.360. The van der Waals surface area contributed by atoms with Gasteiger partial charge < -0.3 is 43.0 Å². The molecule has 0 rings (SSSR count). The molecule has 0 saturated heterocycles. The van der Waals surface area contributed by atoms with Crippen LogP contribution in [-0.2, 0) is 37.9 Å². The van der Waals surface area contributed by atoms with Crippen molar-refractivity contribution in [3.05, 3.63) is 0 Å². The number of hydrogen-bond acceptors (Lipinski definition) is 9. The summed E-state index contributed by atoms with van der Waals surface area (Å²) >= 11 is 0. The minimum absolute atomic E-state index is 0.000264. The van der Waals surface area contributed by atoms with Crippen molar-refractivity contribution in [1.82, 2.24) is 0 Å². The highest BCUT2D eigenvalue weighted by Crippen LogP contribution is 2.12. The second-order valence-electron chi connectivity index (χ2n) is 11.1. The standard InChI is InChI=1S/C33H68O9/c1-5-6-7-8-9-10-11-12-13-14-15-16-18-39-28-31(2)41-30-33(4)42-29-32(3)40-27-26-38-25-24-37-23-22-36-21-20-35-19-17-34/h31-34H,5-30H2,1-4H3. The van der Waals surface area contributed by atoms with Crippen LogP contribution in [0.5, 0.6) is 0 Å². The van der Waals surface area contributed by atoms with Crippen molar-refractivity contribution in [3.8, 4) is 0 Å². The lowest BCUT2D eigenvalue weighted by Gasteiger charge is -2.20. The van der Waals surface area contributed by atoms with Crippen molar-refractivity contribution in [2.75, 3.05) is 92.5 Å². The van der Waals surface area contributed by atoms with E-state index in [-0.39, 0.29) is 24.9 Å². The summed E-state index contributed by atoms with van der Waals surface area (Å²) in [6.07, 6.45) is 16.3. The van der Waals surface area contributed by atoms with Crippen LogP contribution in [0.4, 0.5) is 0 Å². The molecule has 0 radical (unpaired) electrons. The Kier molecular flexibility index (Phi) is 34.8. The summed E-state index contributed by atoms with van der Waals surface area (Å²) < 4.78 is 44.8. The zero-order valence-corrected chi connectivity index (χ0v) is 27.8. The molecular formula is C33H68O9. The van der Waals surface area contributed by atoms with Gasteiger partial charge in [0.2, 0.25) is 0 Å². The first-order valence-corrected chi connectivity index (χ1v) is 16.9. The summed E-state index contributed by atoms with van der Waals surface area (Å²) in [5.74, 6) is 0. The number of rotatable bonds is 36. The van der Waals surface area contributed by atoms with Crippen molar-refractivity contribution < 1.29 is 43.0 Å². The summed E-state index contributed by atoms with van der Waals surface area (Å²) in [5.41, 5.74) is 0. The van der Waals surface area contributed by atoms with E-state index in [4.69, 9.17) is 43.0 Å². The molecule has 0 aromatic heterocycles. The highest BCUT2D eigenvalue weighted by molar-refractivity contribution is 4.56. The van der Waals surface area contributed by atoms with Crippen LogP contribution in [0.25, 0.3) is 0 Å². The van der Waals surface area contributed by atoms with Crippen LogP contribution in [0.1, 0.15) is 105 Å². The summed E-state index contributed by atoms with van der Waals surface area (Å²) in [4.78, 5) is 0. The van der Waals surface area contributed by atoms with Gasteiger partial charge in [0.05, 0.1) is 104 Å². The molecule has 0 aliphatic carbocycles. The van der Waals surface area contributed by atoms with E-state index in [0.717, 1.165) is 13.0 Å². The molecule has 254 valence electrons. The molecule has 9 nitrogen and oxygen atoms in total. The second-order valence-corrected chi connectivity index (χ2v) is 11.1. The second kappa shape index (κ2) is 35.1. The van der Waals surface area contributed by atoms with E-state index in [2.05, 4.69) is 13.8 Å². The average molecular weight is 609 g/mol. The van der Waals surface area contributed by atoms with Gasteiger partial charge in [0, 0.05) is 6.61 Å². The van der Waals surface area contributed by atoms with Crippen LogP contribution in [0.2, 0.25) is 0 Å². The Labute approximate surface area is 258 Å². The molecule has 0 saturated carbocycles. The van der Waals surface area contributed by atoms with Gasteiger partial charge in [-0.2, -0.15) is 0 Å². The van der Waals surface area contributed by atoms with Gasteiger partial charge >= 0.3 is 0 Å². The van der Waals surface area contributed by atoms with Crippen LogP contribution >= 0.6 is 0 Å². The van der Waals surface area contributed by atoms with Crippen LogP contribution in [0.3, 0.4) is 0 Å². The third kappa shape index (κ3) is 34.1. The predicted molar refractivity (Wildman–Crippen MR) is 169 cm³/mol. The fourth-order valence-electron chi connectivity index (χ4n) is 4.17.